The molecule has 1 heterocycles. The summed E-state index contributed by atoms with van der Waals surface area (Å²) in [5.74, 6) is 1.04. The van der Waals surface area contributed by atoms with Crippen LogP contribution in [0.5, 0.6) is 5.75 Å². The molecule has 2 aromatic carbocycles. The Kier molecular flexibility index (Phi) is 3.24. The van der Waals surface area contributed by atoms with E-state index in [2.05, 4.69) is 51.6 Å². The van der Waals surface area contributed by atoms with Crippen molar-refractivity contribution >= 4 is 21.6 Å². The lowest BCUT2D eigenvalue weighted by Crippen LogP contribution is -1.99. The van der Waals surface area contributed by atoms with Crippen LogP contribution in [0.25, 0.3) is 0 Å². The van der Waals surface area contributed by atoms with Gasteiger partial charge in [-0.05, 0) is 41.5 Å². The number of hydrogen-bond donors (Lipinski definition) is 1. The van der Waals surface area contributed by atoms with Gasteiger partial charge in [-0.25, -0.2) is 0 Å². The molecule has 0 radical (unpaired) electrons. The van der Waals surface area contributed by atoms with E-state index < -0.39 is 0 Å². The average Bonchev–Trinajstić information content (AvgIpc) is 2.85. The Bertz CT molecular complexity index is 551. The van der Waals surface area contributed by atoms with Crippen molar-refractivity contribution in [2.45, 2.75) is 13.0 Å². The van der Waals surface area contributed by atoms with Gasteiger partial charge in [-0.3, -0.25) is 0 Å². The first kappa shape index (κ1) is 11.6. The number of ether oxygens (including phenoxy) is 1. The van der Waals surface area contributed by atoms with Crippen LogP contribution in [0, 0.1) is 0 Å². The van der Waals surface area contributed by atoms with E-state index in [0.717, 1.165) is 35.5 Å². The zero-order valence-electron chi connectivity index (χ0n) is 9.95. The maximum atomic E-state index is 5.50. The molecule has 0 aromatic heterocycles. The van der Waals surface area contributed by atoms with Crippen LogP contribution < -0.4 is 10.1 Å². The molecule has 0 amide bonds. The van der Waals surface area contributed by atoms with E-state index in [0.29, 0.717) is 0 Å². The normalized spacial score (nSPS) is 12.9. The molecule has 0 bridgehead atoms. The van der Waals surface area contributed by atoms with Crippen molar-refractivity contribution in [3.05, 3.63) is 58.1 Å². The largest absolute Gasteiger partial charge is 0.493 e. The second kappa shape index (κ2) is 5.02. The second-order valence-corrected chi connectivity index (χ2v) is 5.32. The summed E-state index contributed by atoms with van der Waals surface area (Å²) in [5.41, 5.74) is 3.75. The van der Waals surface area contributed by atoms with Gasteiger partial charge in [0, 0.05) is 23.1 Å². The second-order valence-electron chi connectivity index (χ2n) is 4.40. The van der Waals surface area contributed by atoms with E-state index in [1.165, 1.54) is 11.1 Å². The van der Waals surface area contributed by atoms with Gasteiger partial charge in [0.2, 0.25) is 0 Å². The number of nitrogens with one attached hydrogen (secondary N) is 1. The third-order valence-electron chi connectivity index (χ3n) is 3.09. The minimum atomic E-state index is 0.818. The summed E-state index contributed by atoms with van der Waals surface area (Å²) in [4.78, 5) is 0. The highest BCUT2D eigenvalue weighted by molar-refractivity contribution is 9.10. The summed E-state index contributed by atoms with van der Waals surface area (Å²) >= 11 is 3.43. The van der Waals surface area contributed by atoms with E-state index in [4.69, 9.17) is 4.74 Å². The first-order valence-electron chi connectivity index (χ1n) is 6.05. The molecule has 0 unspecified atom stereocenters. The lowest BCUT2D eigenvalue weighted by molar-refractivity contribution is 0.357. The summed E-state index contributed by atoms with van der Waals surface area (Å²) in [6, 6.07) is 14.6. The molecule has 1 N–H and O–H groups in total. The number of halogens is 1. The SMILES string of the molecule is Brc1ccc(NCc2ccc3c(c2)CCO3)cc1. The molecule has 3 heteroatoms. The predicted molar refractivity (Wildman–Crippen MR) is 77.1 cm³/mol. The van der Waals surface area contributed by atoms with Crippen LogP contribution in [-0.4, -0.2) is 6.61 Å². The monoisotopic (exact) mass is 303 g/mol. The maximum Gasteiger partial charge on any atom is 0.122 e. The van der Waals surface area contributed by atoms with Crippen LogP contribution in [0.4, 0.5) is 5.69 Å². The summed E-state index contributed by atoms with van der Waals surface area (Å²) in [7, 11) is 0. The van der Waals surface area contributed by atoms with E-state index in [1.807, 2.05) is 12.1 Å². The lowest BCUT2D eigenvalue weighted by atomic mass is 10.1. The highest BCUT2D eigenvalue weighted by Crippen LogP contribution is 2.26. The number of anilines is 1. The molecule has 18 heavy (non-hydrogen) atoms. The number of rotatable bonds is 3. The zero-order chi connectivity index (χ0) is 12.4. The Morgan fingerprint density at radius 1 is 1.11 bits per heavy atom. The van der Waals surface area contributed by atoms with E-state index >= 15 is 0 Å². The van der Waals surface area contributed by atoms with E-state index in [9.17, 15) is 0 Å². The Hall–Kier alpha value is -1.48. The van der Waals surface area contributed by atoms with Crippen molar-refractivity contribution in [3.63, 3.8) is 0 Å². The van der Waals surface area contributed by atoms with Crippen LogP contribution in [0.1, 0.15) is 11.1 Å². The fourth-order valence-corrected chi connectivity index (χ4v) is 2.39. The molecule has 92 valence electrons. The molecule has 0 spiro atoms. The van der Waals surface area contributed by atoms with Crippen molar-refractivity contribution < 1.29 is 4.74 Å². The summed E-state index contributed by atoms with van der Waals surface area (Å²) in [6.45, 7) is 1.66. The van der Waals surface area contributed by atoms with Crippen molar-refractivity contribution in [2.24, 2.45) is 0 Å². The fourth-order valence-electron chi connectivity index (χ4n) is 2.12. The van der Waals surface area contributed by atoms with Crippen molar-refractivity contribution in [2.75, 3.05) is 11.9 Å². The third kappa shape index (κ3) is 2.51. The summed E-state index contributed by atoms with van der Waals surface area (Å²) in [5, 5.41) is 3.42. The number of hydrogen-bond acceptors (Lipinski definition) is 2. The standard InChI is InChI=1S/C15H14BrNO/c16-13-2-4-14(5-3-13)17-10-11-1-6-15-12(9-11)7-8-18-15/h1-6,9,17H,7-8,10H2. The van der Waals surface area contributed by atoms with Crippen LogP contribution >= 0.6 is 15.9 Å². The molecule has 0 aliphatic carbocycles. The minimum Gasteiger partial charge on any atom is -0.493 e. The molecule has 0 atom stereocenters. The van der Waals surface area contributed by atoms with Crippen LogP contribution in [0.15, 0.2) is 46.9 Å². The fraction of sp³-hybridized carbons (Fsp3) is 0.200. The topological polar surface area (TPSA) is 21.3 Å². The minimum absolute atomic E-state index is 0.818. The van der Waals surface area contributed by atoms with E-state index in [1.54, 1.807) is 0 Å². The van der Waals surface area contributed by atoms with Crippen molar-refractivity contribution in [1.29, 1.82) is 0 Å². The zero-order valence-corrected chi connectivity index (χ0v) is 11.5. The molecule has 2 nitrogen and oxygen atoms in total. The molecule has 1 aliphatic rings. The average molecular weight is 304 g/mol. The first-order chi connectivity index (χ1) is 8.81. The molecule has 2 aromatic rings. The molecular formula is C15H14BrNO. The van der Waals surface area contributed by atoms with Crippen LogP contribution in [0.2, 0.25) is 0 Å². The molecular weight excluding hydrogens is 290 g/mol. The van der Waals surface area contributed by atoms with Gasteiger partial charge < -0.3 is 10.1 Å². The smallest absolute Gasteiger partial charge is 0.122 e. The van der Waals surface area contributed by atoms with Gasteiger partial charge in [-0.15, -0.1) is 0 Å². The summed E-state index contributed by atoms with van der Waals surface area (Å²) in [6.07, 6.45) is 1.03. The number of fused-ring (bicyclic) bond motifs is 1. The van der Waals surface area contributed by atoms with Gasteiger partial charge in [0.1, 0.15) is 5.75 Å². The quantitative estimate of drug-likeness (QED) is 0.925. The molecule has 0 saturated heterocycles. The lowest BCUT2D eigenvalue weighted by Gasteiger charge is -2.08. The van der Waals surface area contributed by atoms with Gasteiger partial charge in [0.25, 0.3) is 0 Å². The first-order valence-corrected chi connectivity index (χ1v) is 6.84. The Balaban J connectivity index is 1.68. The maximum absolute atomic E-state index is 5.50. The van der Waals surface area contributed by atoms with Gasteiger partial charge in [0.15, 0.2) is 0 Å². The van der Waals surface area contributed by atoms with Gasteiger partial charge >= 0.3 is 0 Å². The van der Waals surface area contributed by atoms with Gasteiger partial charge in [-0.2, -0.15) is 0 Å². The Labute approximate surface area is 115 Å². The Morgan fingerprint density at radius 2 is 1.94 bits per heavy atom. The van der Waals surface area contributed by atoms with E-state index in [-0.39, 0.29) is 0 Å². The molecule has 1 aliphatic heterocycles. The summed E-state index contributed by atoms with van der Waals surface area (Å²) < 4.78 is 6.60. The highest BCUT2D eigenvalue weighted by Gasteiger charge is 2.11. The van der Waals surface area contributed by atoms with Crippen molar-refractivity contribution in [3.8, 4) is 5.75 Å². The van der Waals surface area contributed by atoms with Gasteiger partial charge in [-0.1, -0.05) is 28.1 Å². The van der Waals surface area contributed by atoms with Crippen LogP contribution in [0.3, 0.4) is 0 Å². The highest BCUT2D eigenvalue weighted by atomic mass is 79.9. The molecule has 3 rings (SSSR count). The molecule has 0 fully saturated rings. The predicted octanol–water partition coefficient (Wildman–Crippen LogP) is 4.00. The number of benzene rings is 2. The van der Waals surface area contributed by atoms with Crippen molar-refractivity contribution in [1.82, 2.24) is 0 Å². The molecule has 0 saturated carbocycles. The van der Waals surface area contributed by atoms with Crippen LogP contribution in [-0.2, 0) is 13.0 Å². The Morgan fingerprint density at radius 3 is 2.78 bits per heavy atom. The third-order valence-corrected chi connectivity index (χ3v) is 3.62. The van der Waals surface area contributed by atoms with Gasteiger partial charge in [0.05, 0.1) is 6.61 Å².